The Hall–Kier alpha value is -4.08. The van der Waals surface area contributed by atoms with Crippen molar-refractivity contribution >= 4 is 17.4 Å². The zero-order valence-corrected chi connectivity index (χ0v) is 27.2. The molecule has 0 N–H and O–H groups in total. The van der Waals surface area contributed by atoms with Crippen molar-refractivity contribution in [1.82, 2.24) is 19.6 Å². The number of carbonyl (C=O) groups excluding carboxylic acids is 1. The SMILES string of the molecule is COC(=O)[C@@H](OC(C)(C)C)c1c(C)nc2cc3nn2c1N1CCC(C)(CC1)OCC=CCCc1ccncc1-c1cccc-3c1. The van der Waals surface area contributed by atoms with Crippen molar-refractivity contribution in [3.8, 4) is 22.4 Å². The maximum absolute atomic E-state index is 13.3. The number of esters is 1. The number of allylic oxidation sites excluding steroid dienone is 1. The number of pyridine rings is 1. The number of rotatable bonds is 3. The molecule has 0 spiro atoms. The molecule has 0 radical (unpaired) electrons. The van der Waals surface area contributed by atoms with Gasteiger partial charge in [0, 0.05) is 48.4 Å². The molecule has 9 nitrogen and oxygen atoms in total. The molecular weight excluding hydrogens is 566 g/mol. The lowest BCUT2D eigenvalue weighted by Crippen LogP contribution is -2.45. The predicted octanol–water partition coefficient (Wildman–Crippen LogP) is 6.67. The molecule has 9 heteroatoms. The number of fused-ring (bicyclic) bond motifs is 6. The lowest BCUT2D eigenvalue weighted by molar-refractivity contribution is -0.164. The molecule has 3 aromatic heterocycles. The molecule has 6 heterocycles. The summed E-state index contributed by atoms with van der Waals surface area (Å²) in [6, 6.07) is 12.5. The molecule has 3 aliphatic rings. The van der Waals surface area contributed by atoms with Crippen molar-refractivity contribution in [2.45, 2.75) is 77.6 Å². The highest BCUT2D eigenvalue weighted by Gasteiger charge is 2.38. The second-order valence-corrected chi connectivity index (χ2v) is 13.2. The smallest absolute Gasteiger partial charge is 0.339 e. The van der Waals surface area contributed by atoms with Gasteiger partial charge in [-0.25, -0.2) is 9.78 Å². The fourth-order valence-electron chi connectivity index (χ4n) is 6.31. The van der Waals surface area contributed by atoms with Crippen molar-refractivity contribution in [3.05, 3.63) is 77.8 Å². The quantitative estimate of drug-likeness (QED) is 0.188. The van der Waals surface area contributed by atoms with Crippen LogP contribution < -0.4 is 4.90 Å². The van der Waals surface area contributed by atoms with Gasteiger partial charge in [0.1, 0.15) is 5.82 Å². The number of hydrogen-bond acceptors (Lipinski definition) is 8. The van der Waals surface area contributed by atoms with Crippen LogP contribution in [-0.4, -0.2) is 63.6 Å². The van der Waals surface area contributed by atoms with Gasteiger partial charge in [-0.3, -0.25) is 4.98 Å². The molecule has 1 fully saturated rings. The maximum Gasteiger partial charge on any atom is 0.339 e. The number of piperidine rings is 1. The molecule has 0 unspecified atom stereocenters. The highest BCUT2D eigenvalue weighted by atomic mass is 16.6. The van der Waals surface area contributed by atoms with Crippen LogP contribution in [-0.2, 0) is 25.4 Å². The van der Waals surface area contributed by atoms with Crippen LogP contribution in [0.15, 0.2) is 60.9 Å². The Morgan fingerprint density at radius 1 is 1.09 bits per heavy atom. The van der Waals surface area contributed by atoms with Gasteiger partial charge in [0.15, 0.2) is 11.8 Å². The molecule has 4 aromatic rings. The summed E-state index contributed by atoms with van der Waals surface area (Å²) >= 11 is 0. The van der Waals surface area contributed by atoms with E-state index in [4.69, 9.17) is 24.3 Å². The zero-order chi connectivity index (χ0) is 31.8. The summed E-state index contributed by atoms with van der Waals surface area (Å²) in [5, 5.41) is 5.15. The van der Waals surface area contributed by atoms with Gasteiger partial charge in [0.25, 0.3) is 0 Å². The number of benzene rings is 1. The first-order valence-electron chi connectivity index (χ1n) is 15.8. The zero-order valence-electron chi connectivity index (χ0n) is 27.2. The van der Waals surface area contributed by atoms with Crippen LogP contribution >= 0.6 is 0 Å². The summed E-state index contributed by atoms with van der Waals surface area (Å²) in [5.41, 5.74) is 6.43. The lowest BCUT2D eigenvalue weighted by atomic mass is 9.92. The van der Waals surface area contributed by atoms with E-state index < -0.39 is 17.7 Å². The highest BCUT2D eigenvalue weighted by molar-refractivity contribution is 5.81. The molecule has 236 valence electrons. The van der Waals surface area contributed by atoms with Crippen LogP contribution in [0.25, 0.3) is 28.0 Å². The van der Waals surface area contributed by atoms with Crippen LogP contribution in [0, 0.1) is 6.92 Å². The Morgan fingerprint density at radius 2 is 1.87 bits per heavy atom. The topological polar surface area (TPSA) is 91.1 Å². The number of nitrogens with zero attached hydrogens (tertiary/aromatic N) is 5. The summed E-state index contributed by atoms with van der Waals surface area (Å²) in [6.45, 7) is 11.9. The van der Waals surface area contributed by atoms with E-state index in [1.165, 1.54) is 12.7 Å². The lowest BCUT2D eigenvalue weighted by Gasteiger charge is -2.41. The third-order valence-electron chi connectivity index (χ3n) is 8.73. The van der Waals surface area contributed by atoms with Gasteiger partial charge in [-0.15, -0.1) is 0 Å². The molecule has 3 aliphatic heterocycles. The number of carbonyl (C=O) groups is 1. The Balaban J connectivity index is 1.56. The molecule has 45 heavy (non-hydrogen) atoms. The largest absolute Gasteiger partial charge is 0.467 e. The van der Waals surface area contributed by atoms with Crippen molar-refractivity contribution in [3.63, 3.8) is 0 Å². The van der Waals surface area contributed by atoms with Crippen molar-refractivity contribution in [1.29, 1.82) is 0 Å². The molecule has 1 aromatic carbocycles. The second-order valence-electron chi connectivity index (χ2n) is 13.2. The Bertz CT molecular complexity index is 1730. The summed E-state index contributed by atoms with van der Waals surface area (Å²) in [6.07, 6.45) is 10.6. The first kappa shape index (κ1) is 30.9. The van der Waals surface area contributed by atoms with Crippen molar-refractivity contribution in [2.75, 3.05) is 31.7 Å². The predicted molar refractivity (Wildman–Crippen MR) is 175 cm³/mol. The normalized spacial score (nSPS) is 17.4. The van der Waals surface area contributed by atoms with E-state index in [0.717, 1.165) is 67.0 Å². The number of aromatic nitrogens is 4. The number of hydrogen-bond donors (Lipinski definition) is 0. The monoisotopic (exact) mass is 609 g/mol. The number of anilines is 1. The first-order chi connectivity index (χ1) is 21.5. The van der Waals surface area contributed by atoms with Crippen molar-refractivity contribution < 1.29 is 19.0 Å². The van der Waals surface area contributed by atoms with Crippen molar-refractivity contribution in [2.24, 2.45) is 0 Å². The second kappa shape index (κ2) is 12.4. The first-order valence-corrected chi connectivity index (χ1v) is 15.8. The average molecular weight is 610 g/mol. The van der Waals surface area contributed by atoms with E-state index >= 15 is 0 Å². The molecule has 0 amide bonds. The van der Waals surface area contributed by atoms with E-state index in [2.05, 4.69) is 59.3 Å². The van der Waals surface area contributed by atoms with E-state index in [1.807, 2.05) is 50.7 Å². The number of methoxy groups -OCH3 is 1. The van der Waals surface area contributed by atoms with E-state index in [1.54, 1.807) is 0 Å². The molecule has 7 rings (SSSR count). The van der Waals surface area contributed by atoms with Gasteiger partial charge < -0.3 is 19.1 Å². The summed E-state index contributed by atoms with van der Waals surface area (Å²) in [7, 11) is 1.39. The summed E-state index contributed by atoms with van der Waals surface area (Å²) in [4.78, 5) is 25.1. The molecule has 1 saturated heterocycles. The van der Waals surface area contributed by atoms with Gasteiger partial charge in [-0.05, 0) is 83.6 Å². The Labute approximate surface area is 265 Å². The standard InChI is InChI=1S/C36H43N5O4/c1-24-31(32(34(42)43-6)45-35(2,3)4)33-40-18-15-36(5,16-19-40)44-20-9-7-8-11-25-14-17-37-23-28(25)26-12-10-13-27(21-26)29-22-30(38-24)41(33)39-29/h7,9-10,12-14,17,21-23,32H,8,11,15-16,18-20H2,1-6H3/t32-/m0/s1. The Morgan fingerprint density at radius 3 is 2.62 bits per heavy atom. The molecular formula is C36H43N5O4. The van der Waals surface area contributed by atoms with Gasteiger partial charge in [0.05, 0.1) is 36.2 Å². The third-order valence-corrected chi connectivity index (χ3v) is 8.73. The van der Waals surface area contributed by atoms with Gasteiger partial charge in [-0.2, -0.15) is 9.61 Å². The van der Waals surface area contributed by atoms with Crippen LogP contribution in [0.3, 0.4) is 0 Å². The summed E-state index contributed by atoms with van der Waals surface area (Å²) < 4.78 is 20.0. The van der Waals surface area contributed by atoms with Gasteiger partial charge in [-0.1, -0.05) is 30.4 Å². The van der Waals surface area contributed by atoms with Crippen LogP contribution in [0.4, 0.5) is 5.82 Å². The minimum Gasteiger partial charge on any atom is -0.467 e. The number of aryl methyl sites for hydroxylation is 2. The fraction of sp³-hybridized carbons (Fsp3) is 0.444. The van der Waals surface area contributed by atoms with Crippen LogP contribution in [0.2, 0.25) is 0 Å². The van der Waals surface area contributed by atoms with E-state index in [9.17, 15) is 4.79 Å². The molecule has 6 bridgehead atoms. The molecule has 0 saturated carbocycles. The molecule has 0 aliphatic carbocycles. The number of ether oxygens (including phenoxy) is 3. The highest BCUT2D eigenvalue weighted by Crippen LogP contribution is 2.39. The maximum atomic E-state index is 13.3. The fourth-order valence-corrected chi connectivity index (χ4v) is 6.31. The molecule has 1 atom stereocenters. The van der Waals surface area contributed by atoms with Gasteiger partial charge >= 0.3 is 5.97 Å². The average Bonchev–Trinajstić information content (AvgIpc) is 3.44. The third kappa shape index (κ3) is 6.51. The van der Waals surface area contributed by atoms with Gasteiger partial charge in [0.2, 0.25) is 0 Å². The van der Waals surface area contributed by atoms with Crippen LogP contribution in [0.5, 0.6) is 0 Å². The minimum absolute atomic E-state index is 0.262. The Kier molecular flexibility index (Phi) is 8.50. The van der Waals surface area contributed by atoms with E-state index in [0.29, 0.717) is 23.5 Å². The van der Waals surface area contributed by atoms with Crippen LogP contribution in [0.1, 0.15) is 69.9 Å². The minimum atomic E-state index is -0.974. The van der Waals surface area contributed by atoms with E-state index in [-0.39, 0.29) is 5.60 Å². The summed E-state index contributed by atoms with van der Waals surface area (Å²) in [5.74, 6) is 0.333.